The van der Waals surface area contributed by atoms with Gasteiger partial charge in [0.05, 0.1) is 26.4 Å². The number of methoxy groups -OCH3 is 1. The van der Waals surface area contributed by atoms with Crippen LogP contribution >= 0.6 is 0 Å². The van der Waals surface area contributed by atoms with Crippen molar-refractivity contribution >= 4 is 11.8 Å². The number of aliphatic hydroxyl groups excluding tert-OH is 2. The second kappa shape index (κ2) is 15.8. The van der Waals surface area contributed by atoms with E-state index < -0.39 is 24.2 Å². The van der Waals surface area contributed by atoms with Crippen LogP contribution in [0.4, 0.5) is 0 Å². The SMILES string of the molecule is COc1c(CN2O[C@@H](CO)[C@@H]([C@H](C)O)[C@H]2C(=O)N[C@H]2C[C@H]3C[C@@H]([C@@H]2C)C3(C)C)cccc1-c1cc(C)cc(C(=O)N[C@H](CN(C)C)CC(C)(C)C)c1. The molecular weight excluding hydrogens is 656 g/mol. The lowest BCUT2D eigenvalue weighted by atomic mass is 9.45. The Labute approximate surface area is 311 Å². The molecule has 1 aliphatic heterocycles. The molecular formula is C42H64N4O6. The number of ether oxygens (including phenoxy) is 1. The van der Waals surface area contributed by atoms with Crippen LogP contribution in [0.2, 0.25) is 0 Å². The Hall–Kier alpha value is -3.02. The third kappa shape index (κ3) is 8.52. The number of carbonyl (C=O) groups is 2. The lowest BCUT2D eigenvalue weighted by Gasteiger charge is -2.62. The van der Waals surface area contributed by atoms with Gasteiger partial charge in [0, 0.05) is 41.2 Å². The van der Waals surface area contributed by atoms with Crippen LogP contribution in [0.3, 0.4) is 0 Å². The predicted octanol–water partition coefficient (Wildman–Crippen LogP) is 5.43. The summed E-state index contributed by atoms with van der Waals surface area (Å²) in [5.74, 6) is 1.14. The van der Waals surface area contributed by atoms with Gasteiger partial charge in [-0.05, 0) is 99.0 Å². The summed E-state index contributed by atoms with van der Waals surface area (Å²) in [6.07, 6.45) is 1.36. The topological polar surface area (TPSA) is 124 Å². The van der Waals surface area contributed by atoms with Gasteiger partial charge in [0.1, 0.15) is 17.9 Å². The smallest absolute Gasteiger partial charge is 0.251 e. The Morgan fingerprint density at radius 2 is 1.87 bits per heavy atom. The third-order valence-corrected chi connectivity index (χ3v) is 12.1. The monoisotopic (exact) mass is 720 g/mol. The van der Waals surface area contributed by atoms with Gasteiger partial charge >= 0.3 is 0 Å². The molecule has 0 spiro atoms. The standard InChI is InChI=1S/C42H64N4O6/c1-24-15-28(17-29(16-24)39(49)43-31(22-45(9)10)20-41(4,5)6)32-14-12-13-27(38(32)51-11)21-46-37(36(26(3)48)35(23-47)52-46)40(50)44-34-19-30-18-33(25(34)2)42(30,7)8/h12-17,25-26,30-31,33-37,47-48H,18-23H2,1-11H3,(H,43,49)(H,44,50)/t25-,26-,30+,31-,33-,34-,35-,36+,37-/m0/s1. The van der Waals surface area contributed by atoms with Gasteiger partial charge in [-0.25, -0.2) is 0 Å². The minimum absolute atomic E-state index is 0.0120. The molecule has 2 aromatic rings. The number of benzene rings is 2. The number of likely N-dealkylation sites (N-methyl/N-ethyl adjacent to an activating group) is 1. The van der Waals surface area contributed by atoms with E-state index >= 15 is 0 Å². The van der Waals surface area contributed by atoms with Crippen LogP contribution in [0.1, 0.15) is 89.2 Å². The lowest BCUT2D eigenvalue weighted by Crippen LogP contribution is -2.62. The van der Waals surface area contributed by atoms with Gasteiger partial charge in [0.25, 0.3) is 5.91 Å². The minimum atomic E-state index is -0.889. The van der Waals surface area contributed by atoms with Crippen molar-refractivity contribution in [1.82, 2.24) is 20.6 Å². The molecule has 10 nitrogen and oxygen atoms in total. The van der Waals surface area contributed by atoms with Gasteiger partial charge in [0.2, 0.25) is 5.91 Å². The van der Waals surface area contributed by atoms with Crippen molar-refractivity contribution in [3.05, 3.63) is 53.1 Å². The number of aryl methyl sites for hydroxylation is 1. The van der Waals surface area contributed by atoms with E-state index in [-0.39, 0.29) is 47.9 Å². The highest BCUT2D eigenvalue weighted by Gasteiger charge is 2.57. The van der Waals surface area contributed by atoms with Gasteiger partial charge in [-0.15, -0.1) is 0 Å². The number of amides is 2. The Bertz CT molecular complexity index is 1580. The molecule has 4 aliphatic rings. The Morgan fingerprint density at radius 3 is 2.44 bits per heavy atom. The van der Waals surface area contributed by atoms with Gasteiger partial charge in [-0.1, -0.05) is 65.8 Å². The predicted molar refractivity (Wildman–Crippen MR) is 205 cm³/mol. The van der Waals surface area contributed by atoms with Crippen molar-refractivity contribution in [2.75, 3.05) is 34.4 Å². The van der Waals surface area contributed by atoms with E-state index in [2.05, 4.69) is 57.1 Å². The van der Waals surface area contributed by atoms with Crippen LogP contribution in [0.15, 0.2) is 36.4 Å². The fraction of sp³-hybridized carbons (Fsp3) is 0.667. The largest absolute Gasteiger partial charge is 0.496 e. The molecule has 2 amide bonds. The second-order valence-electron chi connectivity index (χ2n) is 18.0. The van der Waals surface area contributed by atoms with Crippen LogP contribution in [0.5, 0.6) is 5.75 Å². The van der Waals surface area contributed by atoms with Crippen LogP contribution < -0.4 is 15.4 Å². The van der Waals surface area contributed by atoms with Crippen molar-refractivity contribution in [3.8, 4) is 16.9 Å². The molecule has 0 aromatic heterocycles. The van der Waals surface area contributed by atoms with Crippen LogP contribution in [0, 0.1) is 41.4 Å². The zero-order chi connectivity index (χ0) is 38.3. The number of aliphatic hydroxyl groups is 2. The maximum absolute atomic E-state index is 14.2. The molecule has 4 N–H and O–H groups in total. The van der Waals surface area contributed by atoms with Crippen molar-refractivity contribution in [2.24, 2.45) is 34.5 Å². The highest BCUT2D eigenvalue weighted by atomic mass is 16.7. The van der Waals surface area contributed by atoms with E-state index in [0.717, 1.165) is 41.6 Å². The molecule has 4 fully saturated rings. The first kappa shape index (κ1) is 40.2. The fourth-order valence-electron chi connectivity index (χ4n) is 9.51. The van der Waals surface area contributed by atoms with Crippen molar-refractivity contribution in [3.63, 3.8) is 0 Å². The third-order valence-electron chi connectivity index (χ3n) is 12.1. The molecule has 6 rings (SSSR count). The average Bonchev–Trinajstić information content (AvgIpc) is 3.42. The summed E-state index contributed by atoms with van der Waals surface area (Å²) < 4.78 is 6.05. The molecule has 10 heteroatoms. The highest BCUT2D eigenvalue weighted by Crippen LogP contribution is 2.61. The molecule has 1 saturated heterocycles. The summed E-state index contributed by atoms with van der Waals surface area (Å²) in [7, 11) is 5.65. The van der Waals surface area contributed by atoms with Crippen LogP contribution in [0.25, 0.3) is 11.1 Å². The molecule has 1 heterocycles. The lowest BCUT2D eigenvalue weighted by molar-refractivity contribution is -0.183. The number of hydrogen-bond donors (Lipinski definition) is 4. The Morgan fingerprint density at radius 1 is 1.15 bits per heavy atom. The number of carbonyl (C=O) groups excluding carboxylic acids is 2. The quantitative estimate of drug-likeness (QED) is 0.216. The molecule has 2 bridgehead atoms. The molecule has 3 aliphatic carbocycles. The zero-order valence-electron chi connectivity index (χ0n) is 33.3. The van der Waals surface area contributed by atoms with Gasteiger partial charge in [-0.2, -0.15) is 5.06 Å². The fourth-order valence-corrected chi connectivity index (χ4v) is 9.51. The van der Waals surface area contributed by atoms with Crippen LogP contribution in [-0.2, 0) is 16.2 Å². The molecule has 0 unspecified atom stereocenters. The number of nitrogens with one attached hydrogen (secondary N) is 2. The van der Waals surface area contributed by atoms with Crippen molar-refractivity contribution in [1.29, 1.82) is 0 Å². The van der Waals surface area contributed by atoms with Gasteiger partial charge in [-0.3, -0.25) is 14.4 Å². The number of hydroxylamine groups is 2. The molecule has 288 valence electrons. The molecule has 52 heavy (non-hydrogen) atoms. The van der Waals surface area contributed by atoms with Gasteiger partial charge < -0.3 is 30.5 Å². The highest BCUT2D eigenvalue weighted by molar-refractivity contribution is 5.96. The first-order valence-corrected chi connectivity index (χ1v) is 19.1. The summed E-state index contributed by atoms with van der Waals surface area (Å²) in [5, 5.41) is 29.5. The first-order valence-electron chi connectivity index (χ1n) is 19.1. The first-order chi connectivity index (χ1) is 24.3. The maximum Gasteiger partial charge on any atom is 0.251 e. The van der Waals surface area contributed by atoms with Crippen molar-refractivity contribution in [2.45, 2.75) is 112 Å². The summed E-state index contributed by atoms with van der Waals surface area (Å²) in [4.78, 5) is 36.3. The molecule has 2 aromatic carbocycles. The van der Waals surface area contributed by atoms with E-state index in [1.807, 2.05) is 57.4 Å². The number of nitrogens with zero attached hydrogens (tertiary/aromatic N) is 2. The molecule has 3 saturated carbocycles. The number of para-hydroxylation sites is 1. The summed E-state index contributed by atoms with van der Waals surface area (Å²) >= 11 is 0. The number of fused-ring (bicyclic) bond motifs is 2. The summed E-state index contributed by atoms with van der Waals surface area (Å²) in [6.45, 7) is 17.7. The maximum atomic E-state index is 14.2. The van der Waals surface area contributed by atoms with Gasteiger partial charge in [0.15, 0.2) is 0 Å². The molecule has 9 atom stereocenters. The van der Waals surface area contributed by atoms with E-state index in [1.54, 1.807) is 19.1 Å². The minimum Gasteiger partial charge on any atom is -0.496 e. The summed E-state index contributed by atoms with van der Waals surface area (Å²) in [5.41, 5.74) is 4.28. The van der Waals surface area contributed by atoms with E-state index in [4.69, 9.17) is 9.57 Å². The normalized spacial score (nSPS) is 28.2. The van der Waals surface area contributed by atoms with E-state index in [9.17, 15) is 19.8 Å². The number of rotatable bonds is 13. The van der Waals surface area contributed by atoms with Crippen LogP contribution in [-0.4, -0.2) is 96.7 Å². The second-order valence-corrected chi connectivity index (χ2v) is 18.0. The Kier molecular flexibility index (Phi) is 12.2. The molecule has 0 radical (unpaired) electrons. The zero-order valence-corrected chi connectivity index (χ0v) is 33.3. The average molecular weight is 721 g/mol. The Balaban J connectivity index is 1.41. The number of hydrogen-bond acceptors (Lipinski definition) is 8. The van der Waals surface area contributed by atoms with Crippen molar-refractivity contribution < 1.29 is 29.4 Å². The van der Waals surface area contributed by atoms with E-state index in [0.29, 0.717) is 29.1 Å². The van der Waals surface area contributed by atoms with E-state index in [1.165, 1.54) is 6.42 Å². The summed E-state index contributed by atoms with van der Waals surface area (Å²) in [6, 6.07) is 10.9.